The van der Waals surface area contributed by atoms with E-state index in [2.05, 4.69) is 10.2 Å². The highest BCUT2D eigenvalue weighted by Crippen LogP contribution is 2.29. The van der Waals surface area contributed by atoms with Crippen molar-refractivity contribution in [3.8, 4) is 0 Å². The molecule has 0 saturated carbocycles. The maximum atomic E-state index is 13.2. The molecule has 1 saturated heterocycles. The van der Waals surface area contributed by atoms with Gasteiger partial charge in [-0.15, -0.1) is 0 Å². The number of nitrogens with one attached hydrogen (secondary N) is 1. The van der Waals surface area contributed by atoms with Crippen molar-refractivity contribution in [2.75, 3.05) is 19.6 Å². The molecule has 1 fully saturated rings. The fourth-order valence-corrected chi connectivity index (χ4v) is 5.15. The highest BCUT2D eigenvalue weighted by atomic mass is 35.5. The molecule has 5 nitrogen and oxygen atoms in total. The first-order valence-corrected chi connectivity index (χ1v) is 11.8. The second kappa shape index (κ2) is 9.38. The maximum Gasteiger partial charge on any atom is 0.240 e. The zero-order chi connectivity index (χ0) is 22.8. The molecule has 33 heavy (non-hydrogen) atoms. The molecule has 2 heterocycles. The van der Waals surface area contributed by atoms with Crippen LogP contribution in [-0.4, -0.2) is 35.0 Å². The fourth-order valence-electron chi connectivity index (χ4n) is 4.89. The number of hydrogen-bond acceptors (Lipinski definition) is 3. The van der Waals surface area contributed by atoms with E-state index in [1.807, 2.05) is 77.4 Å². The van der Waals surface area contributed by atoms with Gasteiger partial charge in [0, 0.05) is 22.3 Å². The summed E-state index contributed by atoms with van der Waals surface area (Å²) in [6.45, 7) is 2.62. The third kappa shape index (κ3) is 4.26. The predicted molar refractivity (Wildman–Crippen MR) is 134 cm³/mol. The Kier molecular flexibility index (Phi) is 6.16. The van der Waals surface area contributed by atoms with Gasteiger partial charge in [-0.2, -0.15) is 0 Å². The Hall–Kier alpha value is -3.15. The number of amides is 1. The molecule has 0 bridgehead atoms. The van der Waals surface area contributed by atoms with Crippen LogP contribution in [0.2, 0.25) is 5.02 Å². The lowest BCUT2D eigenvalue weighted by Gasteiger charge is -2.29. The van der Waals surface area contributed by atoms with Crippen LogP contribution in [-0.2, 0) is 11.3 Å². The topological polar surface area (TPSA) is 54.3 Å². The lowest BCUT2D eigenvalue weighted by molar-refractivity contribution is -0.121. The van der Waals surface area contributed by atoms with Gasteiger partial charge in [0.05, 0.1) is 17.1 Å². The minimum atomic E-state index is -0.0924. The lowest BCUT2D eigenvalue weighted by Crippen LogP contribution is -2.38. The van der Waals surface area contributed by atoms with E-state index in [0.717, 1.165) is 47.6 Å². The number of carbonyl (C=O) groups is 1. The molecular weight excluding hydrogens is 434 g/mol. The summed E-state index contributed by atoms with van der Waals surface area (Å²) in [7, 11) is 0. The highest BCUT2D eigenvalue weighted by Gasteiger charge is 2.25. The second-order valence-corrected chi connectivity index (χ2v) is 8.94. The summed E-state index contributed by atoms with van der Waals surface area (Å²) in [4.78, 5) is 28.5. The molecule has 1 N–H and O–H groups in total. The minimum absolute atomic E-state index is 0.00863. The average molecular weight is 460 g/mol. The molecule has 168 valence electrons. The molecule has 1 atom stereocenters. The van der Waals surface area contributed by atoms with Gasteiger partial charge in [0.1, 0.15) is 6.54 Å². The van der Waals surface area contributed by atoms with Gasteiger partial charge in [-0.25, -0.2) is 0 Å². The van der Waals surface area contributed by atoms with Gasteiger partial charge in [-0.3, -0.25) is 14.5 Å². The smallest absolute Gasteiger partial charge is 0.240 e. The monoisotopic (exact) mass is 459 g/mol. The molecule has 1 aliphatic rings. The quantitative estimate of drug-likeness (QED) is 0.423. The Morgan fingerprint density at radius 3 is 2.09 bits per heavy atom. The molecule has 0 radical (unpaired) electrons. The van der Waals surface area contributed by atoms with E-state index in [-0.39, 0.29) is 23.9 Å². The number of hydrogen-bond donors (Lipinski definition) is 1. The Morgan fingerprint density at radius 1 is 0.879 bits per heavy atom. The molecule has 3 aromatic carbocycles. The molecule has 6 heteroatoms. The Bertz CT molecular complexity index is 1310. The Balaban J connectivity index is 1.43. The summed E-state index contributed by atoms with van der Waals surface area (Å²) >= 11 is 6.51. The van der Waals surface area contributed by atoms with Gasteiger partial charge < -0.3 is 9.88 Å². The number of carbonyl (C=O) groups excluding carboxylic acids is 1. The van der Waals surface area contributed by atoms with E-state index < -0.39 is 0 Å². The molecule has 0 aliphatic carbocycles. The molecule has 1 aliphatic heterocycles. The third-order valence-electron chi connectivity index (χ3n) is 6.52. The van der Waals surface area contributed by atoms with Gasteiger partial charge >= 0.3 is 0 Å². The largest absolute Gasteiger partial charge is 0.353 e. The van der Waals surface area contributed by atoms with Crippen molar-refractivity contribution < 1.29 is 4.79 Å². The Labute approximate surface area is 197 Å². The normalized spacial score (nSPS) is 15.2. The molecule has 1 aromatic heterocycles. The van der Waals surface area contributed by atoms with E-state index in [0.29, 0.717) is 17.3 Å². The van der Waals surface area contributed by atoms with Crippen LogP contribution in [0.3, 0.4) is 0 Å². The van der Waals surface area contributed by atoms with Crippen LogP contribution < -0.4 is 10.7 Å². The number of benzene rings is 3. The number of aromatic nitrogens is 1. The number of para-hydroxylation sites is 2. The van der Waals surface area contributed by atoms with E-state index in [9.17, 15) is 9.59 Å². The molecule has 0 spiro atoms. The average Bonchev–Trinajstić information content (AvgIpc) is 3.38. The molecule has 4 aromatic rings. The van der Waals surface area contributed by atoms with Crippen LogP contribution in [0, 0.1) is 0 Å². The first-order valence-electron chi connectivity index (χ1n) is 11.4. The van der Waals surface area contributed by atoms with E-state index >= 15 is 0 Å². The van der Waals surface area contributed by atoms with Crippen molar-refractivity contribution in [3.63, 3.8) is 0 Å². The van der Waals surface area contributed by atoms with Crippen LogP contribution >= 0.6 is 11.6 Å². The van der Waals surface area contributed by atoms with Crippen molar-refractivity contribution in [1.82, 2.24) is 14.8 Å². The molecular formula is C27H26ClN3O2. The fraction of sp³-hybridized carbons (Fsp3) is 0.259. The number of pyridine rings is 1. The van der Waals surface area contributed by atoms with Crippen LogP contribution in [0.1, 0.15) is 24.4 Å². The van der Waals surface area contributed by atoms with Crippen molar-refractivity contribution in [1.29, 1.82) is 0 Å². The summed E-state index contributed by atoms with van der Waals surface area (Å²) in [5.41, 5.74) is 2.56. The zero-order valence-electron chi connectivity index (χ0n) is 18.3. The van der Waals surface area contributed by atoms with Crippen LogP contribution in [0.15, 0.2) is 77.6 Å². The third-order valence-corrected chi connectivity index (χ3v) is 6.86. The van der Waals surface area contributed by atoms with Gasteiger partial charge in [0.15, 0.2) is 5.43 Å². The van der Waals surface area contributed by atoms with Gasteiger partial charge in [0.25, 0.3) is 0 Å². The number of rotatable bonds is 6. The van der Waals surface area contributed by atoms with Crippen molar-refractivity contribution in [2.24, 2.45) is 0 Å². The molecule has 1 unspecified atom stereocenters. The first-order chi connectivity index (χ1) is 16.1. The van der Waals surface area contributed by atoms with Crippen molar-refractivity contribution in [3.05, 3.63) is 93.6 Å². The standard InChI is InChI=1S/C27H26ClN3O2/c28-22-12-4-1-9-19(22)25(30-15-7-8-16-30)17-29-26(32)18-31-23-13-5-2-10-20(23)27(33)21-11-3-6-14-24(21)31/h1-6,9-14,25H,7-8,15-18H2,(H,29,32). The van der Waals surface area contributed by atoms with Gasteiger partial charge in [-0.05, 0) is 61.8 Å². The van der Waals surface area contributed by atoms with Crippen LogP contribution in [0.25, 0.3) is 21.8 Å². The van der Waals surface area contributed by atoms with E-state index in [1.54, 1.807) is 0 Å². The van der Waals surface area contributed by atoms with E-state index in [4.69, 9.17) is 11.6 Å². The SMILES string of the molecule is O=C(Cn1c2ccccc2c(=O)c2ccccc21)NCC(c1ccccc1Cl)N1CCCC1. The molecule has 5 rings (SSSR count). The summed E-state index contributed by atoms with van der Waals surface area (Å²) in [6.07, 6.45) is 2.31. The highest BCUT2D eigenvalue weighted by molar-refractivity contribution is 6.31. The van der Waals surface area contributed by atoms with Crippen LogP contribution in [0.4, 0.5) is 0 Å². The first kappa shape index (κ1) is 21.7. The van der Waals surface area contributed by atoms with Gasteiger partial charge in [-0.1, -0.05) is 54.1 Å². The van der Waals surface area contributed by atoms with Crippen molar-refractivity contribution >= 4 is 39.3 Å². The lowest BCUT2D eigenvalue weighted by atomic mass is 10.1. The van der Waals surface area contributed by atoms with E-state index in [1.165, 1.54) is 0 Å². The summed E-state index contributed by atoms with van der Waals surface area (Å²) in [5.74, 6) is -0.0924. The number of likely N-dealkylation sites (tertiary alicyclic amines) is 1. The summed E-state index contributed by atoms with van der Waals surface area (Å²) in [6, 6.07) is 22.8. The summed E-state index contributed by atoms with van der Waals surface area (Å²) in [5, 5.41) is 5.10. The summed E-state index contributed by atoms with van der Waals surface area (Å²) < 4.78 is 1.93. The number of nitrogens with zero attached hydrogens (tertiary/aromatic N) is 2. The Morgan fingerprint density at radius 2 is 1.45 bits per heavy atom. The predicted octanol–water partition coefficient (Wildman–Crippen LogP) is 4.76. The van der Waals surface area contributed by atoms with Gasteiger partial charge in [0.2, 0.25) is 5.91 Å². The second-order valence-electron chi connectivity index (χ2n) is 8.53. The number of halogens is 1. The minimum Gasteiger partial charge on any atom is -0.353 e. The number of fused-ring (bicyclic) bond motifs is 2. The van der Waals surface area contributed by atoms with Crippen LogP contribution in [0.5, 0.6) is 0 Å². The molecule has 1 amide bonds. The zero-order valence-corrected chi connectivity index (χ0v) is 19.1. The van der Waals surface area contributed by atoms with Crippen molar-refractivity contribution in [2.45, 2.75) is 25.4 Å². The maximum absolute atomic E-state index is 13.2.